The first kappa shape index (κ1) is 11.3. The second-order valence-electron chi connectivity index (χ2n) is 4.74. The molecule has 3 rings (SSSR count). The van der Waals surface area contributed by atoms with Gasteiger partial charge >= 0.3 is 0 Å². The van der Waals surface area contributed by atoms with Crippen LogP contribution in [-0.2, 0) is 0 Å². The Morgan fingerprint density at radius 1 is 1.44 bits per heavy atom. The van der Waals surface area contributed by atoms with Gasteiger partial charge < -0.3 is 14.4 Å². The highest BCUT2D eigenvalue weighted by Gasteiger charge is 2.29. The number of likely N-dealkylation sites (tertiary alicyclic amines) is 1. The molecule has 0 aliphatic carbocycles. The number of rotatable bonds is 2. The average Bonchev–Trinajstić information content (AvgIpc) is 3.03. The molecule has 1 aliphatic heterocycles. The highest BCUT2D eigenvalue weighted by molar-refractivity contribution is 5.96. The van der Waals surface area contributed by atoms with E-state index < -0.39 is 0 Å². The predicted molar refractivity (Wildman–Crippen MR) is 68.5 cm³/mol. The summed E-state index contributed by atoms with van der Waals surface area (Å²) in [7, 11) is 0. The van der Waals surface area contributed by atoms with Gasteiger partial charge in [0.05, 0.1) is 18.2 Å². The third-order valence-electron chi connectivity index (χ3n) is 3.60. The molecule has 94 valence electrons. The summed E-state index contributed by atoms with van der Waals surface area (Å²) in [6.45, 7) is 0.801. The Bertz CT molecular complexity index is 543. The normalized spacial score (nSPS) is 19.6. The zero-order chi connectivity index (χ0) is 12.5. The van der Waals surface area contributed by atoms with Gasteiger partial charge in [-0.25, -0.2) is 0 Å². The Balaban J connectivity index is 1.91. The molecule has 1 atom stereocenters. The second kappa shape index (κ2) is 4.46. The lowest BCUT2D eigenvalue weighted by atomic mass is 10.2. The Morgan fingerprint density at radius 3 is 3.11 bits per heavy atom. The summed E-state index contributed by atoms with van der Waals surface area (Å²) < 4.78 is 1.94. The van der Waals surface area contributed by atoms with Gasteiger partial charge in [-0.1, -0.05) is 6.07 Å². The molecule has 4 heteroatoms. The first-order valence-electron chi connectivity index (χ1n) is 6.28. The van der Waals surface area contributed by atoms with Crippen molar-refractivity contribution in [3.63, 3.8) is 0 Å². The van der Waals surface area contributed by atoms with Crippen molar-refractivity contribution >= 4 is 11.4 Å². The van der Waals surface area contributed by atoms with Gasteiger partial charge in [-0.15, -0.1) is 0 Å². The van der Waals surface area contributed by atoms with Crippen LogP contribution in [0.3, 0.4) is 0 Å². The SMILES string of the molecule is O=C(c1cc2ccccn2c1)N1CCC[C@H]1CO. The molecule has 1 aliphatic rings. The highest BCUT2D eigenvalue weighted by atomic mass is 16.3. The molecule has 0 bridgehead atoms. The summed E-state index contributed by atoms with van der Waals surface area (Å²) in [6.07, 6.45) is 5.66. The van der Waals surface area contributed by atoms with E-state index in [1.807, 2.05) is 41.1 Å². The molecule has 4 nitrogen and oxygen atoms in total. The minimum absolute atomic E-state index is 0.0134. The van der Waals surface area contributed by atoms with Crippen LogP contribution in [0, 0.1) is 0 Å². The van der Waals surface area contributed by atoms with Crippen LogP contribution in [0.25, 0.3) is 5.52 Å². The number of hydrogen-bond donors (Lipinski definition) is 1. The third-order valence-corrected chi connectivity index (χ3v) is 3.60. The molecule has 0 aromatic carbocycles. The lowest BCUT2D eigenvalue weighted by molar-refractivity contribution is 0.0678. The summed E-state index contributed by atoms with van der Waals surface area (Å²) in [5.74, 6) is 0.0234. The van der Waals surface area contributed by atoms with Crippen molar-refractivity contribution in [3.8, 4) is 0 Å². The molecule has 1 fully saturated rings. The molecular weight excluding hydrogens is 228 g/mol. The van der Waals surface area contributed by atoms with Crippen molar-refractivity contribution in [2.24, 2.45) is 0 Å². The number of amides is 1. The summed E-state index contributed by atoms with van der Waals surface area (Å²) >= 11 is 0. The second-order valence-corrected chi connectivity index (χ2v) is 4.74. The molecule has 0 radical (unpaired) electrons. The third kappa shape index (κ3) is 1.78. The maximum Gasteiger partial charge on any atom is 0.255 e. The average molecular weight is 244 g/mol. The molecule has 0 spiro atoms. The van der Waals surface area contributed by atoms with E-state index in [9.17, 15) is 9.90 Å². The number of carbonyl (C=O) groups is 1. The molecule has 2 aromatic rings. The van der Waals surface area contributed by atoms with E-state index in [4.69, 9.17) is 0 Å². The minimum Gasteiger partial charge on any atom is -0.394 e. The van der Waals surface area contributed by atoms with Crippen molar-refractivity contribution in [2.75, 3.05) is 13.2 Å². The number of aromatic nitrogens is 1. The lowest BCUT2D eigenvalue weighted by Crippen LogP contribution is -2.37. The van der Waals surface area contributed by atoms with Crippen LogP contribution < -0.4 is 0 Å². The number of hydrogen-bond acceptors (Lipinski definition) is 2. The van der Waals surface area contributed by atoms with Crippen molar-refractivity contribution in [1.82, 2.24) is 9.30 Å². The van der Waals surface area contributed by atoms with Crippen molar-refractivity contribution in [3.05, 3.63) is 42.2 Å². The number of carbonyl (C=O) groups excluding carboxylic acids is 1. The van der Waals surface area contributed by atoms with Gasteiger partial charge in [-0.2, -0.15) is 0 Å². The minimum atomic E-state index is -0.0134. The largest absolute Gasteiger partial charge is 0.394 e. The quantitative estimate of drug-likeness (QED) is 0.871. The van der Waals surface area contributed by atoms with Crippen LogP contribution in [-0.4, -0.2) is 39.5 Å². The molecule has 1 N–H and O–H groups in total. The zero-order valence-corrected chi connectivity index (χ0v) is 10.1. The van der Waals surface area contributed by atoms with Crippen LogP contribution in [0.5, 0.6) is 0 Å². The monoisotopic (exact) mass is 244 g/mol. The van der Waals surface area contributed by atoms with Gasteiger partial charge in [-0.3, -0.25) is 4.79 Å². The summed E-state index contributed by atoms with van der Waals surface area (Å²) in [5.41, 5.74) is 1.71. The number of aliphatic hydroxyl groups excluding tert-OH is 1. The van der Waals surface area contributed by atoms with E-state index in [1.54, 1.807) is 4.90 Å². The summed E-state index contributed by atoms with van der Waals surface area (Å²) in [5, 5.41) is 9.27. The summed E-state index contributed by atoms with van der Waals surface area (Å²) in [4.78, 5) is 14.2. The van der Waals surface area contributed by atoms with Gasteiger partial charge in [0.25, 0.3) is 5.91 Å². The fourth-order valence-electron chi connectivity index (χ4n) is 2.63. The van der Waals surface area contributed by atoms with Crippen molar-refractivity contribution in [1.29, 1.82) is 0 Å². The Morgan fingerprint density at radius 2 is 2.33 bits per heavy atom. The smallest absolute Gasteiger partial charge is 0.255 e. The van der Waals surface area contributed by atoms with Gasteiger partial charge in [0.1, 0.15) is 0 Å². The highest BCUT2D eigenvalue weighted by Crippen LogP contribution is 2.21. The van der Waals surface area contributed by atoms with Gasteiger partial charge in [0.2, 0.25) is 0 Å². The zero-order valence-electron chi connectivity index (χ0n) is 10.1. The molecule has 1 saturated heterocycles. The van der Waals surface area contributed by atoms with Crippen LogP contribution in [0.4, 0.5) is 0 Å². The molecule has 0 unspecified atom stereocenters. The van der Waals surface area contributed by atoms with Gasteiger partial charge in [0.15, 0.2) is 0 Å². The van der Waals surface area contributed by atoms with E-state index in [0.29, 0.717) is 5.56 Å². The van der Waals surface area contributed by atoms with E-state index >= 15 is 0 Å². The van der Waals surface area contributed by atoms with Crippen LogP contribution in [0.2, 0.25) is 0 Å². The molecule has 18 heavy (non-hydrogen) atoms. The van der Waals surface area contributed by atoms with Crippen LogP contribution in [0.15, 0.2) is 36.7 Å². The van der Waals surface area contributed by atoms with Crippen LogP contribution in [0.1, 0.15) is 23.2 Å². The first-order valence-corrected chi connectivity index (χ1v) is 6.28. The number of aliphatic hydroxyl groups is 1. The van der Waals surface area contributed by atoms with Crippen molar-refractivity contribution in [2.45, 2.75) is 18.9 Å². The Labute approximate surface area is 105 Å². The molecule has 2 aromatic heterocycles. The topological polar surface area (TPSA) is 45.0 Å². The lowest BCUT2D eigenvalue weighted by Gasteiger charge is -2.22. The van der Waals surface area contributed by atoms with E-state index in [2.05, 4.69) is 0 Å². The predicted octanol–water partition coefficient (Wildman–Crippen LogP) is 1.54. The van der Waals surface area contributed by atoms with Gasteiger partial charge in [-0.05, 0) is 31.0 Å². The maximum atomic E-state index is 12.4. The molecular formula is C14H16N2O2. The first-order chi connectivity index (χ1) is 8.79. The molecule has 1 amide bonds. The number of pyridine rings is 1. The fourth-order valence-corrected chi connectivity index (χ4v) is 2.63. The summed E-state index contributed by atoms with van der Waals surface area (Å²) in [6, 6.07) is 7.75. The van der Waals surface area contributed by atoms with Gasteiger partial charge in [0, 0.05) is 24.5 Å². The number of nitrogens with zero attached hydrogens (tertiary/aromatic N) is 2. The van der Waals surface area contributed by atoms with E-state index in [0.717, 1.165) is 24.9 Å². The van der Waals surface area contributed by atoms with Crippen molar-refractivity contribution < 1.29 is 9.90 Å². The van der Waals surface area contributed by atoms with Crippen LogP contribution >= 0.6 is 0 Å². The standard InChI is InChI=1S/C14H16N2O2/c17-10-13-5-3-7-16(13)14(18)11-8-12-4-1-2-6-15(12)9-11/h1-2,4,6,8-9,13,17H,3,5,7,10H2/t13-/m0/s1. The molecule has 0 saturated carbocycles. The van der Waals surface area contributed by atoms with E-state index in [-0.39, 0.29) is 18.6 Å². The fraction of sp³-hybridized carbons (Fsp3) is 0.357. The Hall–Kier alpha value is -1.81. The maximum absolute atomic E-state index is 12.4. The van der Waals surface area contributed by atoms with E-state index in [1.165, 1.54) is 0 Å². The number of fused-ring (bicyclic) bond motifs is 1. The molecule has 3 heterocycles. The Kier molecular flexibility index (Phi) is 2.80.